The number of hydrogen-bond acceptors (Lipinski definition) is 4. The van der Waals surface area contributed by atoms with Crippen LogP contribution in [0.1, 0.15) is 32.3 Å². The van der Waals surface area contributed by atoms with Gasteiger partial charge in [-0.2, -0.15) is 0 Å². The van der Waals surface area contributed by atoms with Gasteiger partial charge in [0.05, 0.1) is 17.9 Å². The van der Waals surface area contributed by atoms with Crippen LogP contribution in [0.4, 0.5) is 10.1 Å². The third kappa shape index (κ3) is 3.70. The van der Waals surface area contributed by atoms with Crippen LogP contribution < -0.4 is 9.64 Å². The highest BCUT2D eigenvalue weighted by atomic mass is 19.1. The molecular weight excluding hydrogens is 383 g/mol. The number of ether oxygens (including phenoxy) is 1. The summed E-state index contributed by atoms with van der Waals surface area (Å²) in [6.45, 7) is 5.95. The summed E-state index contributed by atoms with van der Waals surface area (Å²) >= 11 is 0. The van der Waals surface area contributed by atoms with Crippen molar-refractivity contribution in [3.63, 3.8) is 0 Å². The maximum atomic E-state index is 13.5. The number of hydrogen-bond donors (Lipinski definition) is 0. The van der Waals surface area contributed by atoms with E-state index in [0.717, 1.165) is 19.4 Å². The fourth-order valence-electron chi connectivity index (χ4n) is 4.19. The van der Waals surface area contributed by atoms with E-state index in [1.54, 1.807) is 36.4 Å². The number of likely N-dealkylation sites (tertiary alicyclic amines) is 1. The minimum Gasteiger partial charge on any atom is -0.494 e. The Bertz CT molecular complexity index is 1000. The van der Waals surface area contributed by atoms with Crippen molar-refractivity contribution in [1.29, 1.82) is 0 Å². The molecule has 0 spiro atoms. The van der Waals surface area contributed by atoms with E-state index in [1.807, 2.05) is 11.8 Å². The molecule has 2 aliphatic rings. The van der Waals surface area contributed by atoms with Crippen molar-refractivity contribution in [2.24, 2.45) is 5.92 Å². The Morgan fingerprint density at radius 3 is 2.57 bits per heavy atom. The SMILES string of the molecule is CCOc1cccc(N2C(=O)C(c3ccc(F)cc3)=C(N3CCCC(C)C3)C2=O)c1. The average Bonchev–Trinajstić information content (AvgIpc) is 2.99. The van der Waals surface area contributed by atoms with E-state index in [9.17, 15) is 14.0 Å². The highest BCUT2D eigenvalue weighted by molar-refractivity contribution is 6.45. The van der Waals surface area contributed by atoms with E-state index in [-0.39, 0.29) is 11.7 Å². The molecule has 30 heavy (non-hydrogen) atoms. The van der Waals surface area contributed by atoms with E-state index >= 15 is 0 Å². The third-order valence-corrected chi connectivity index (χ3v) is 5.55. The standard InChI is InChI=1S/C24H25FN2O3/c1-3-30-20-8-4-7-19(14-20)27-23(28)21(17-9-11-18(25)12-10-17)22(24(27)29)26-13-5-6-16(2)15-26/h4,7-12,14,16H,3,5-6,13,15H2,1-2H3. The van der Waals surface area contributed by atoms with Gasteiger partial charge in [0.15, 0.2) is 0 Å². The maximum Gasteiger partial charge on any atom is 0.282 e. The highest BCUT2D eigenvalue weighted by Gasteiger charge is 2.43. The molecule has 4 rings (SSSR count). The molecule has 2 heterocycles. The molecule has 1 atom stereocenters. The van der Waals surface area contributed by atoms with Crippen molar-refractivity contribution in [3.8, 4) is 5.75 Å². The smallest absolute Gasteiger partial charge is 0.282 e. The Morgan fingerprint density at radius 2 is 1.87 bits per heavy atom. The number of piperidine rings is 1. The molecule has 0 aliphatic carbocycles. The van der Waals surface area contributed by atoms with Gasteiger partial charge in [-0.3, -0.25) is 9.59 Å². The molecule has 2 aliphatic heterocycles. The fourth-order valence-corrected chi connectivity index (χ4v) is 4.19. The van der Waals surface area contributed by atoms with Gasteiger partial charge in [0.2, 0.25) is 0 Å². The van der Waals surface area contributed by atoms with Crippen LogP contribution in [0.25, 0.3) is 5.57 Å². The minimum atomic E-state index is -0.395. The summed E-state index contributed by atoms with van der Waals surface area (Å²) in [5.41, 5.74) is 1.75. The van der Waals surface area contributed by atoms with E-state index in [4.69, 9.17) is 4.74 Å². The Labute approximate surface area is 175 Å². The molecule has 1 saturated heterocycles. The van der Waals surface area contributed by atoms with Gasteiger partial charge in [-0.05, 0) is 55.5 Å². The number of carbonyl (C=O) groups is 2. The van der Waals surface area contributed by atoms with Crippen LogP contribution >= 0.6 is 0 Å². The quantitative estimate of drug-likeness (QED) is 0.695. The molecule has 0 radical (unpaired) electrons. The van der Waals surface area contributed by atoms with Crippen LogP contribution in [0.2, 0.25) is 0 Å². The first-order chi connectivity index (χ1) is 14.5. The van der Waals surface area contributed by atoms with Gasteiger partial charge in [-0.25, -0.2) is 9.29 Å². The molecule has 5 nitrogen and oxygen atoms in total. The zero-order chi connectivity index (χ0) is 21.3. The number of anilines is 1. The number of rotatable bonds is 5. The summed E-state index contributed by atoms with van der Waals surface area (Å²) in [7, 11) is 0. The first-order valence-electron chi connectivity index (χ1n) is 10.4. The summed E-state index contributed by atoms with van der Waals surface area (Å²) in [5.74, 6) is -0.0981. The van der Waals surface area contributed by atoms with Gasteiger partial charge < -0.3 is 9.64 Å². The summed E-state index contributed by atoms with van der Waals surface area (Å²) in [6.07, 6.45) is 2.06. The zero-order valence-electron chi connectivity index (χ0n) is 17.2. The molecule has 6 heteroatoms. The predicted octanol–water partition coefficient (Wildman–Crippen LogP) is 4.24. The number of amides is 2. The van der Waals surface area contributed by atoms with Gasteiger partial charge in [0, 0.05) is 19.2 Å². The fraction of sp³-hybridized carbons (Fsp3) is 0.333. The summed E-state index contributed by atoms with van der Waals surface area (Å²) in [4.78, 5) is 30.2. The van der Waals surface area contributed by atoms with Crippen LogP contribution in [-0.4, -0.2) is 36.4 Å². The summed E-state index contributed by atoms with van der Waals surface area (Å²) < 4.78 is 19.0. The van der Waals surface area contributed by atoms with Crippen LogP contribution in [0.15, 0.2) is 54.2 Å². The van der Waals surface area contributed by atoms with Gasteiger partial charge in [0.25, 0.3) is 11.8 Å². The van der Waals surface area contributed by atoms with E-state index in [1.165, 1.54) is 17.0 Å². The topological polar surface area (TPSA) is 49.9 Å². The Kier molecular flexibility index (Phi) is 5.57. The number of halogens is 1. The summed E-state index contributed by atoms with van der Waals surface area (Å²) in [6, 6.07) is 12.7. The molecule has 2 aromatic carbocycles. The number of imide groups is 1. The van der Waals surface area contributed by atoms with E-state index < -0.39 is 5.91 Å². The lowest BCUT2D eigenvalue weighted by molar-refractivity contribution is -0.120. The maximum absolute atomic E-state index is 13.5. The lowest BCUT2D eigenvalue weighted by Gasteiger charge is -2.33. The summed E-state index contributed by atoms with van der Waals surface area (Å²) in [5, 5.41) is 0. The molecule has 156 valence electrons. The molecule has 0 bridgehead atoms. The zero-order valence-corrected chi connectivity index (χ0v) is 17.2. The van der Waals surface area contributed by atoms with Crippen LogP contribution in [0.5, 0.6) is 5.75 Å². The van der Waals surface area contributed by atoms with Gasteiger partial charge >= 0.3 is 0 Å². The van der Waals surface area contributed by atoms with Gasteiger partial charge in [-0.1, -0.05) is 25.1 Å². The first kappa shape index (κ1) is 20.1. The normalized spacial score (nSPS) is 19.6. The van der Waals surface area contributed by atoms with Crippen LogP contribution in [0, 0.1) is 11.7 Å². The molecular formula is C24H25FN2O3. The molecule has 0 aromatic heterocycles. The minimum absolute atomic E-state index is 0.330. The second-order valence-corrected chi connectivity index (χ2v) is 7.80. The van der Waals surface area contributed by atoms with E-state index in [0.29, 0.717) is 47.3 Å². The van der Waals surface area contributed by atoms with Crippen molar-refractivity contribution < 1.29 is 18.7 Å². The van der Waals surface area contributed by atoms with Crippen molar-refractivity contribution in [2.45, 2.75) is 26.7 Å². The first-order valence-corrected chi connectivity index (χ1v) is 10.4. The van der Waals surface area contributed by atoms with Crippen LogP contribution in [0.3, 0.4) is 0 Å². The molecule has 2 amide bonds. The molecule has 2 aromatic rings. The Morgan fingerprint density at radius 1 is 1.10 bits per heavy atom. The lowest BCUT2D eigenvalue weighted by Crippen LogP contribution is -2.39. The van der Waals surface area contributed by atoms with E-state index in [2.05, 4.69) is 6.92 Å². The Hall–Kier alpha value is -3.15. The second kappa shape index (κ2) is 8.30. The number of benzene rings is 2. The van der Waals surface area contributed by atoms with Crippen molar-refractivity contribution in [3.05, 3.63) is 65.6 Å². The third-order valence-electron chi connectivity index (χ3n) is 5.55. The van der Waals surface area contributed by atoms with Crippen molar-refractivity contribution in [1.82, 2.24) is 4.90 Å². The molecule has 1 unspecified atom stereocenters. The number of nitrogens with zero attached hydrogens (tertiary/aromatic N) is 2. The molecule has 0 N–H and O–H groups in total. The van der Waals surface area contributed by atoms with Gasteiger partial charge in [0.1, 0.15) is 17.3 Å². The monoisotopic (exact) mass is 408 g/mol. The van der Waals surface area contributed by atoms with Gasteiger partial charge in [-0.15, -0.1) is 0 Å². The molecule has 1 fully saturated rings. The average molecular weight is 408 g/mol. The van der Waals surface area contributed by atoms with Crippen molar-refractivity contribution in [2.75, 3.05) is 24.6 Å². The largest absolute Gasteiger partial charge is 0.494 e. The number of carbonyl (C=O) groups excluding carboxylic acids is 2. The molecule has 0 saturated carbocycles. The lowest BCUT2D eigenvalue weighted by atomic mass is 9.98. The second-order valence-electron chi connectivity index (χ2n) is 7.80. The van der Waals surface area contributed by atoms with Crippen molar-refractivity contribution >= 4 is 23.1 Å². The van der Waals surface area contributed by atoms with Crippen LogP contribution in [-0.2, 0) is 9.59 Å². The Balaban J connectivity index is 1.79. The predicted molar refractivity (Wildman–Crippen MR) is 113 cm³/mol. The highest BCUT2D eigenvalue weighted by Crippen LogP contribution is 2.37.